The molecule has 110 valence electrons. The molecule has 0 saturated carbocycles. The molecule has 0 spiro atoms. The second kappa shape index (κ2) is 6.51. The number of aromatic amines is 1. The summed E-state index contributed by atoms with van der Waals surface area (Å²) in [5, 5.41) is 8.98. The maximum Gasteiger partial charge on any atom is 0.306 e. The molecular weight excluding hydrogens is 260 g/mol. The van der Waals surface area contributed by atoms with Gasteiger partial charge < -0.3 is 20.7 Å². The first kappa shape index (κ1) is 14.5. The standard InChI is InChI=1S/C13H20N4O3/c14-5-1-2-10-8-15-12(18)11(16-10)17-6-3-9(4-7-17)13(19)20/h8-9H,1-7,14H2,(H,15,18)(H,19,20). The third-order valence-corrected chi connectivity index (χ3v) is 3.60. The lowest BCUT2D eigenvalue weighted by Crippen LogP contribution is -2.39. The van der Waals surface area contributed by atoms with Crippen molar-refractivity contribution in [3.63, 3.8) is 0 Å². The van der Waals surface area contributed by atoms with E-state index >= 15 is 0 Å². The topological polar surface area (TPSA) is 112 Å². The van der Waals surface area contributed by atoms with E-state index in [2.05, 4.69) is 9.97 Å². The van der Waals surface area contributed by atoms with Gasteiger partial charge in [-0.15, -0.1) is 0 Å². The largest absolute Gasteiger partial charge is 0.481 e. The molecule has 0 bridgehead atoms. The summed E-state index contributed by atoms with van der Waals surface area (Å²) < 4.78 is 0. The van der Waals surface area contributed by atoms with E-state index in [1.807, 2.05) is 4.90 Å². The molecule has 2 heterocycles. The number of carboxylic acids is 1. The molecule has 1 saturated heterocycles. The Balaban J connectivity index is 2.08. The third kappa shape index (κ3) is 3.36. The molecule has 1 fully saturated rings. The smallest absolute Gasteiger partial charge is 0.306 e. The quantitative estimate of drug-likeness (QED) is 0.697. The Kier molecular flexibility index (Phi) is 4.73. The molecule has 0 unspecified atom stereocenters. The Morgan fingerprint density at radius 2 is 2.20 bits per heavy atom. The van der Waals surface area contributed by atoms with Crippen LogP contribution in [0.2, 0.25) is 0 Å². The minimum Gasteiger partial charge on any atom is -0.481 e. The van der Waals surface area contributed by atoms with Crippen molar-refractivity contribution in [1.82, 2.24) is 9.97 Å². The summed E-state index contributed by atoms with van der Waals surface area (Å²) in [6.07, 6.45) is 4.25. The highest BCUT2D eigenvalue weighted by Crippen LogP contribution is 2.20. The average Bonchev–Trinajstić information content (AvgIpc) is 2.46. The second-order valence-corrected chi connectivity index (χ2v) is 5.04. The van der Waals surface area contributed by atoms with Crippen molar-refractivity contribution in [2.24, 2.45) is 11.7 Å². The number of aliphatic carboxylic acids is 1. The van der Waals surface area contributed by atoms with Crippen molar-refractivity contribution in [3.05, 3.63) is 22.2 Å². The molecule has 1 aromatic heterocycles. The number of carboxylic acid groups (broad SMARTS) is 1. The van der Waals surface area contributed by atoms with E-state index in [-0.39, 0.29) is 11.5 Å². The molecule has 1 aliphatic rings. The first-order valence-corrected chi connectivity index (χ1v) is 6.88. The normalized spacial score (nSPS) is 16.4. The number of H-pyrrole nitrogens is 1. The Morgan fingerprint density at radius 1 is 1.50 bits per heavy atom. The lowest BCUT2D eigenvalue weighted by molar-refractivity contribution is -0.142. The number of anilines is 1. The van der Waals surface area contributed by atoms with Crippen LogP contribution in [0, 0.1) is 5.92 Å². The summed E-state index contributed by atoms with van der Waals surface area (Å²) in [5.74, 6) is -0.683. The first-order valence-electron chi connectivity index (χ1n) is 6.88. The number of nitrogens with one attached hydrogen (secondary N) is 1. The number of hydrogen-bond acceptors (Lipinski definition) is 5. The van der Waals surface area contributed by atoms with Crippen molar-refractivity contribution < 1.29 is 9.90 Å². The molecule has 1 aromatic rings. The molecule has 7 heteroatoms. The summed E-state index contributed by atoms with van der Waals surface area (Å²) in [6.45, 7) is 1.68. The van der Waals surface area contributed by atoms with Gasteiger partial charge in [0.15, 0.2) is 5.82 Å². The van der Waals surface area contributed by atoms with Crippen molar-refractivity contribution >= 4 is 11.8 Å². The highest BCUT2D eigenvalue weighted by molar-refractivity contribution is 5.70. The van der Waals surface area contributed by atoms with Gasteiger partial charge in [0.1, 0.15) is 0 Å². The lowest BCUT2D eigenvalue weighted by atomic mass is 9.97. The predicted molar refractivity (Wildman–Crippen MR) is 74.8 cm³/mol. The minimum absolute atomic E-state index is 0.227. The van der Waals surface area contributed by atoms with E-state index in [9.17, 15) is 9.59 Å². The van der Waals surface area contributed by atoms with Gasteiger partial charge in [-0.25, -0.2) is 4.98 Å². The lowest BCUT2D eigenvalue weighted by Gasteiger charge is -2.30. The zero-order valence-electron chi connectivity index (χ0n) is 11.3. The number of rotatable bonds is 5. The van der Waals surface area contributed by atoms with Gasteiger partial charge in [0.25, 0.3) is 5.56 Å². The van der Waals surface area contributed by atoms with Crippen LogP contribution in [0.3, 0.4) is 0 Å². The number of nitrogens with two attached hydrogens (primary N) is 1. The maximum absolute atomic E-state index is 11.9. The third-order valence-electron chi connectivity index (χ3n) is 3.60. The van der Waals surface area contributed by atoms with E-state index in [0.717, 1.165) is 18.5 Å². The van der Waals surface area contributed by atoms with Crippen molar-refractivity contribution in [2.45, 2.75) is 25.7 Å². The fourth-order valence-electron chi connectivity index (χ4n) is 2.40. The number of hydrogen-bond donors (Lipinski definition) is 3. The SMILES string of the molecule is NCCCc1c[nH]c(=O)c(N2CCC(C(=O)O)CC2)n1. The Labute approximate surface area is 116 Å². The Bertz CT molecular complexity index is 521. The molecule has 7 nitrogen and oxygen atoms in total. The molecule has 0 aliphatic carbocycles. The van der Waals surface area contributed by atoms with Crippen molar-refractivity contribution in [2.75, 3.05) is 24.5 Å². The zero-order valence-corrected chi connectivity index (χ0v) is 11.3. The van der Waals surface area contributed by atoms with Crippen LogP contribution in [0.4, 0.5) is 5.82 Å². The van der Waals surface area contributed by atoms with Gasteiger partial charge in [0.2, 0.25) is 0 Å². The van der Waals surface area contributed by atoms with Crippen LogP contribution in [-0.4, -0.2) is 40.7 Å². The molecule has 2 rings (SSSR count). The summed E-state index contributed by atoms with van der Waals surface area (Å²) in [4.78, 5) is 31.7. The maximum atomic E-state index is 11.9. The zero-order chi connectivity index (χ0) is 14.5. The summed E-state index contributed by atoms with van der Waals surface area (Å²) in [6, 6.07) is 0. The van der Waals surface area contributed by atoms with Gasteiger partial charge in [0.05, 0.1) is 11.6 Å². The van der Waals surface area contributed by atoms with Gasteiger partial charge in [-0.1, -0.05) is 0 Å². The minimum atomic E-state index is -0.761. The van der Waals surface area contributed by atoms with Gasteiger partial charge in [0, 0.05) is 19.3 Å². The fraction of sp³-hybridized carbons (Fsp3) is 0.615. The van der Waals surface area contributed by atoms with Gasteiger partial charge in [-0.05, 0) is 32.2 Å². The number of carbonyl (C=O) groups is 1. The molecular formula is C13H20N4O3. The van der Waals surface area contributed by atoms with Gasteiger partial charge in [-0.3, -0.25) is 9.59 Å². The first-order chi connectivity index (χ1) is 9.61. The molecule has 20 heavy (non-hydrogen) atoms. The Hall–Kier alpha value is -1.89. The van der Waals surface area contributed by atoms with Gasteiger partial charge >= 0.3 is 5.97 Å². The van der Waals surface area contributed by atoms with Crippen LogP contribution in [0.5, 0.6) is 0 Å². The van der Waals surface area contributed by atoms with E-state index in [1.165, 1.54) is 0 Å². The highest BCUT2D eigenvalue weighted by Gasteiger charge is 2.26. The monoisotopic (exact) mass is 280 g/mol. The van der Waals surface area contributed by atoms with Crippen LogP contribution in [-0.2, 0) is 11.2 Å². The van der Waals surface area contributed by atoms with Gasteiger partial charge in [-0.2, -0.15) is 0 Å². The van der Waals surface area contributed by atoms with E-state index in [1.54, 1.807) is 6.20 Å². The van der Waals surface area contributed by atoms with Crippen molar-refractivity contribution in [3.8, 4) is 0 Å². The number of aryl methyl sites for hydroxylation is 1. The molecule has 0 amide bonds. The summed E-state index contributed by atoms with van der Waals surface area (Å²) >= 11 is 0. The summed E-state index contributed by atoms with van der Waals surface area (Å²) in [5.41, 5.74) is 6.05. The molecule has 1 aliphatic heterocycles. The molecule has 0 atom stereocenters. The summed E-state index contributed by atoms with van der Waals surface area (Å²) in [7, 11) is 0. The van der Waals surface area contributed by atoms with Crippen LogP contribution in [0.15, 0.2) is 11.0 Å². The van der Waals surface area contributed by atoms with Crippen LogP contribution in [0.25, 0.3) is 0 Å². The van der Waals surface area contributed by atoms with E-state index < -0.39 is 5.97 Å². The molecule has 0 aromatic carbocycles. The average molecular weight is 280 g/mol. The highest BCUT2D eigenvalue weighted by atomic mass is 16.4. The molecule has 4 N–H and O–H groups in total. The van der Waals surface area contributed by atoms with E-state index in [0.29, 0.717) is 38.3 Å². The number of piperidine rings is 1. The van der Waals surface area contributed by atoms with E-state index in [4.69, 9.17) is 10.8 Å². The van der Waals surface area contributed by atoms with Crippen LogP contribution >= 0.6 is 0 Å². The van der Waals surface area contributed by atoms with Crippen molar-refractivity contribution in [1.29, 1.82) is 0 Å². The van der Waals surface area contributed by atoms with Crippen LogP contribution in [0.1, 0.15) is 25.0 Å². The molecule has 0 radical (unpaired) electrons. The fourth-order valence-corrected chi connectivity index (χ4v) is 2.40. The second-order valence-electron chi connectivity index (χ2n) is 5.04. The number of aromatic nitrogens is 2. The van der Waals surface area contributed by atoms with Crippen LogP contribution < -0.4 is 16.2 Å². The predicted octanol–water partition coefficient (Wildman–Crippen LogP) is -0.0378. The Morgan fingerprint density at radius 3 is 2.80 bits per heavy atom. The number of nitrogens with zero attached hydrogens (tertiary/aromatic N) is 2.